The Labute approximate surface area is 313 Å². The molecule has 5 aromatic heterocycles. The third-order valence-electron chi connectivity index (χ3n) is 9.92. The van der Waals surface area contributed by atoms with Crippen molar-refractivity contribution >= 4 is 44.4 Å². The molecule has 5 heterocycles. The summed E-state index contributed by atoms with van der Waals surface area (Å²) in [5.74, 6) is -0.851. The van der Waals surface area contributed by atoms with Crippen LogP contribution in [0.15, 0.2) is 66.7 Å². The van der Waals surface area contributed by atoms with Gasteiger partial charge in [-0.25, -0.2) is 24.9 Å². The summed E-state index contributed by atoms with van der Waals surface area (Å²) in [5, 5.41) is 42.6. The third kappa shape index (κ3) is 5.36. The van der Waals surface area contributed by atoms with Crippen LogP contribution in [0.1, 0.15) is 22.5 Å². The van der Waals surface area contributed by atoms with Crippen LogP contribution in [0.4, 0.5) is 26.3 Å². The average molecular weight is 786 g/mol. The fourth-order valence-corrected chi connectivity index (χ4v) is 7.16. The molecule has 0 saturated carbocycles. The van der Waals surface area contributed by atoms with E-state index in [4.69, 9.17) is 0 Å². The SMILES string of the molecule is Cc1nc2cc3nc(-c4cc(O)c(-c5nc6cc(C(c7ccc8[nH]c(-c9cc(O)c(C)cc9O)nc8c7)(C(F)(F)F)C(F)(F)F)ccc6[nH]5)cc4O)[nH]c3nc2[nH]1. The molecule has 19 heteroatoms. The molecule has 288 valence electrons. The van der Waals surface area contributed by atoms with Crippen LogP contribution < -0.4 is 0 Å². The van der Waals surface area contributed by atoms with E-state index >= 15 is 26.3 Å². The Morgan fingerprint density at radius 3 is 1.42 bits per heavy atom. The maximum absolute atomic E-state index is 15.2. The second-order valence-electron chi connectivity index (χ2n) is 13.6. The van der Waals surface area contributed by atoms with Gasteiger partial charge in [0, 0.05) is 0 Å². The summed E-state index contributed by atoms with van der Waals surface area (Å²) in [6.07, 6.45) is -11.9. The molecule has 0 atom stereocenters. The number of alkyl halides is 6. The second-order valence-corrected chi connectivity index (χ2v) is 13.6. The van der Waals surface area contributed by atoms with Gasteiger partial charge in [-0.1, -0.05) is 12.1 Å². The van der Waals surface area contributed by atoms with Crippen LogP contribution in [0, 0.1) is 13.8 Å². The van der Waals surface area contributed by atoms with Crippen LogP contribution in [0.3, 0.4) is 0 Å². The fraction of sp³-hybridized carbons (Fsp3) is 0.132. The van der Waals surface area contributed by atoms with Crippen LogP contribution in [-0.2, 0) is 5.41 Å². The number of hydrogen-bond acceptors (Lipinski definition) is 9. The Hall–Kier alpha value is -7.31. The first-order valence-electron chi connectivity index (χ1n) is 16.9. The summed E-state index contributed by atoms with van der Waals surface area (Å²) in [5.41, 5.74) is -5.34. The number of phenolic OH excluding ortho intramolecular Hbond substituents is 4. The minimum Gasteiger partial charge on any atom is -0.508 e. The van der Waals surface area contributed by atoms with Gasteiger partial charge in [0.05, 0.1) is 38.8 Å². The smallest absolute Gasteiger partial charge is 0.411 e. The maximum atomic E-state index is 15.2. The number of hydrogen-bond donors (Lipinski definition) is 8. The summed E-state index contributed by atoms with van der Waals surface area (Å²) in [6.45, 7) is 3.29. The molecule has 0 fully saturated rings. The summed E-state index contributed by atoms with van der Waals surface area (Å²) in [4.78, 5) is 33.1. The summed E-state index contributed by atoms with van der Waals surface area (Å²) >= 11 is 0. The lowest BCUT2D eigenvalue weighted by molar-refractivity contribution is -0.288. The zero-order chi connectivity index (χ0) is 40.3. The van der Waals surface area contributed by atoms with E-state index in [1.165, 1.54) is 25.1 Å². The number of halogens is 6. The van der Waals surface area contributed by atoms with Gasteiger partial charge in [-0.15, -0.1) is 0 Å². The summed E-state index contributed by atoms with van der Waals surface area (Å²) in [7, 11) is 0. The van der Waals surface area contributed by atoms with Crippen molar-refractivity contribution < 1.29 is 46.8 Å². The highest BCUT2D eigenvalue weighted by atomic mass is 19.4. The number of nitrogens with zero attached hydrogens (tertiary/aromatic N) is 5. The van der Waals surface area contributed by atoms with Crippen LogP contribution in [-0.4, -0.2) is 77.6 Å². The number of nitrogens with one attached hydrogen (secondary N) is 4. The van der Waals surface area contributed by atoms with Gasteiger partial charge in [0.1, 0.15) is 57.3 Å². The van der Waals surface area contributed by atoms with Gasteiger partial charge in [-0.2, -0.15) is 26.3 Å². The number of imidazole rings is 4. The van der Waals surface area contributed by atoms with Gasteiger partial charge in [0.2, 0.25) is 5.41 Å². The monoisotopic (exact) mass is 785 g/mol. The van der Waals surface area contributed by atoms with Crippen molar-refractivity contribution in [3.63, 3.8) is 0 Å². The highest BCUT2D eigenvalue weighted by Crippen LogP contribution is 2.57. The van der Waals surface area contributed by atoms with E-state index in [1.54, 1.807) is 13.0 Å². The topological polar surface area (TPSA) is 209 Å². The minimum atomic E-state index is -5.94. The zero-order valence-corrected chi connectivity index (χ0v) is 29.1. The van der Waals surface area contributed by atoms with Gasteiger partial charge >= 0.3 is 12.4 Å². The molecule has 8 N–H and O–H groups in total. The molecule has 13 nitrogen and oxygen atoms in total. The molecule has 0 bridgehead atoms. The van der Waals surface area contributed by atoms with E-state index in [-0.39, 0.29) is 73.5 Å². The lowest BCUT2D eigenvalue weighted by atomic mass is 9.72. The molecule has 4 aromatic carbocycles. The van der Waals surface area contributed by atoms with Gasteiger partial charge in [-0.3, -0.25) is 0 Å². The van der Waals surface area contributed by atoms with E-state index in [9.17, 15) is 20.4 Å². The quantitative estimate of drug-likeness (QED) is 0.0621. The molecule has 9 aromatic rings. The number of H-pyrrole nitrogens is 4. The molecule has 0 unspecified atom stereocenters. The van der Waals surface area contributed by atoms with Crippen LogP contribution in [0.25, 0.3) is 78.6 Å². The predicted octanol–water partition coefficient (Wildman–Crippen LogP) is 8.44. The van der Waals surface area contributed by atoms with Crippen LogP contribution in [0.5, 0.6) is 23.0 Å². The van der Waals surface area contributed by atoms with Crippen molar-refractivity contribution in [2.75, 3.05) is 0 Å². The number of benzene rings is 4. The van der Waals surface area contributed by atoms with Crippen molar-refractivity contribution in [1.29, 1.82) is 0 Å². The molecular weight excluding hydrogens is 760 g/mol. The number of aryl methyl sites for hydroxylation is 2. The third-order valence-corrected chi connectivity index (χ3v) is 9.92. The molecule has 0 aliphatic heterocycles. The Morgan fingerprint density at radius 1 is 0.456 bits per heavy atom. The lowest BCUT2D eigenvalue weighted by Crippen LogP contribution is -2.54. The summed E-state index contributed by atoms with van der Waals surface area (Å²) in [6, 6.07) is 11.1. The number of phenols is 4. The first kappa shape index (κ1) is 35.4. The number of fused-ring (bicyclic) bond motifs is 4. The maximum Gasteiger partial charge on any atom is 0.411 e. The molecule has 0 aliphatic carbocycles. The highest BCUT2D eigenvalue weighted by molar-refractivity contribution is 5.89. The largest absolute Gasteiger partial charge is 0.508 e. The van der Waals surface area contributed by atoms with Crippen molar-refractivity contribution in [1.82, 2.24) is 44.9 Å². The highest BCUT2D eigenvalue weighted by Gasteiger charge is 2.72. The van der Waals surface area contributed by atoms with E-state index in [1.807, 2.05) is 0 Å². The van der Waals surface area contributed by atoms with Gasteiger partial charge in [0.15, 0.2) is 11.3 Å². The Balaban J connectivity index is 1.12. The molecule has 0 saturated heterocycles. The number of aromatic nitrogens is 9. The normalized spacial score (nSPS) is 12.8. The van der Waals surface area contributed by atoms with Gasteiger partial charge in [0.25, 0.3) is 0 Å². The summed E-state index contributed by atoms with van der Waals surface area (Å²) < 4.78 is 91.3. The van der Waals surface area contributed by atoms with E-state index in [2.05, 4.69) is 44.9 Å². The van der Waals surface area contributed by atoms with Crippen molar-refractivity contribution in [2.45, 2.75) is 31.6 Å². The Bertz CT molecular complexity index is 3040. The molecule has 0 aliphatic rings. The van der Waals surface area contributed by atoms with Gasteiger partial charge < -0.3 is 40.4 Å². The van der Waals surface area contributed by atoms with E-state index in [0.29, 0.717) is 58.0 Å². The number of aromatic amines is 4. The number of pyridine rings is 1. The first-order valence-corrected chi connectivity index (χ1v) is 16.9. The molecule has 0 radical (unpaired) electrons. The first-order chi connectivity index (χ1) is 26.9. The molecule has 0 spiro atoms. The van der Waals surface area contributed by atoms with E-state index in [0.717, 1.165) is 18.2 Å². The van der Waals surface area contributed by atoms with Crippen LogP contribution in [0.2, 0.25) is 0 Å². The fourth-order valence-electron chi connectivity index (χ4n) is 7.16. The number of aromatic hydroxyl groups is 4. The molecule has 57 heavy (non-hydrogen) atoms. The average Bonchev–Trinajstić information content (AvgIpc) is 3.92. The van der Waals surface area contributed by atoms with Crippen molar-refractivity contribution in [3.05, 3.63) is 89.2 Å². The van der Waals surface area contributed by atoms with Gasteiger partial charge in [-0.05, 0) is 85.1 Å². The number of rotatable bonds is 5. The Kier molecular flexibility index (Phi) is 7.36. The minimum absolute atomic E-state index is 0.0273. The van der Waals surface area contributed by atoms with E-state index < -0.39 is 34.6 Å². The van der Waals surface area contributed by atoms with Crippen LogP contribution >= 0.6 is 0 Å². The predicted molar refractivity (Wildman–Crippen MR) is 195 cm³/mol. The zero-order valence-electron chi connectivity index (χ0n) is 29.1. The van der Waals surface area contributed by atoms with Crippen molar-refractivity contribution in [3.8, 4) is 57.2 Å². The Morgan fingerprint density at radius 2 is 0.895 bits per heavy atom. The standard InChI is InChI=1S/C38H25F6N9O4/c1-14-7-28(55)18(10-27(14)54)31-47-21-5-3-16(8-23(21)49-31)36(37(39,40)41,38(42,43)44)17-4-6-22-24(9-17)50-32(48-22)19-11-30(57)20(12-29(19)56)33-51-26-13-25-34(46-15(2)45-25)53-35(26)52-33/h3-13,54-57H,1-2H3,(H,47,49)(H,48,50)(H2,45,46,51,52,53). The molecule has 0 amide bonds. The van der Waals surface area contributed by atoms with Crippen molar-refractivity contribution in [2.24, 2.45) is 0 Å². The lowest BCUT2D eigenvalue weighted by Gasteiger charge is -2.38. The molecular formula is C38H25F6N9O4. The second kappa shape index (κ2) is 11.8. The molecule has 9 rings (SSSR count).